The van der Waals surface area contributed by atoms with Gasteiger partial charge < -0.3 is 19.9 Å². The molecular weight excluding hydrogens is 206 g/mol. The van der Waals surface area contributed by atoms with Gasteiger partial charge in [-0.2, -0.15) is 0 Å². The van der Waals surface area contributed by atoms with Gasteiger partial charge in [-0.3, -0.25) is 0 Å². The van der Waals surface area contributed by atoms with Gasteiger partial charge in [-0.05, 0) is 25.5 Å². The molecule has 0 aliphatic rings. The fourth-order valence-corrected chi connectivity index (χ4v) is 1.31. The summed E-state index contributed by atoms with van der Waals surface area (Å²) in [6.45, 7) is 2.50. The van der Waals surface area contributed by atoms with E-state index in [1.165, 1.54) is 0 Å². The van der Waals surface area contributed by atoms with Gasteiger partial charge in [0.25, 0.3) is 0 Å². The van der Waals surface area contributed by atoms with E-state index in [4.69, 9.17) is 19.9 Å². The standard InChI is InChI=1S/C12H19NO3/c1-9(13)7-8-16-12-10(14-2)5-4-6-11(12)15-3/h4-6,9H,7-8,13H2,1-3H3. The normalized spacial score (nSPS) is 12.0. The van der Waals surface area contributed by atoms with E-state index >= 15 is 0 Å². The Labute approximate surface area is 96.3 Å². The molecule has 16 heavy (non-hydrogen) atoms. The Morgan fingerprint density at radius 3 is 2.19 bits per heavy atom. The van der Waals surface area contributed by atoms with Gasteiger partial charge in [-0.15, -0.1) is 0 Å². The first-order valence-corrected chi connectivity index (χ1v) is 5.28. The second kappa shape index (κ2) is 6.23. The number of nitrogens with two attached hydrogens (primary N) is 1. The molecule has 4 heteroatoms. The SMILES string of the molecule is COc1cccc(OC)c1OCCC(C)N. The summed E-state index contributed by atoms with van der Waals surface area (Å²) >= 11 is 0. The van der Waals surface area contributed by atoms with Crippen LogP contribution in [-0.4, -0.2) is 26.9 Å². The monoisotopic (exact) mass is 225 g/mol. The minimum Gasteiger partial charge on any atom is -0.493 e. The van der Waals surface area contributed by atoms with Crippen LogP contribution < -0.4 is 19.9 Å². The number of rotatable bonds is 6. The molecule has 0 bridgehead atoms. The van der Waals surface area contributed by atoms with E-state index in [2.05, 4.69) is 0 Å². The fourth-order valence-electron chi connectivity index (χ4n) is 1.31. The molecule has 0 radical (unpaired) electrons. The van der Waals surface area contributed by atoms with Crippen molar-refractivity contribution in [1.29, 1.82) is 0 Å². The van der Waals surface area contributed by atoms with Gasteiger partial charge in [0.05, 0.1) is 20.8 Å². The highest BCUT2D eigenvalue weighted by molar-refractivity contribution is 5.51. The quantitative estimate of drug-likeness (QED) is 0.802. The molecule has 0 spiro atoms. The minimum atomic E-state index is 0.126. The van der Waals surface area contributed by atoms with Crippen molar-refractivity contribution in [3.8, 4) is 17.2 Å². The Hall–Kier alpha value is -1.42. The number of hydrogen-bond donors (Lipinski definition) is 1. The smallest absolute Gasteiger partial charge is 0.203 e. The van der Waals surface area contributed by atoms with E-state index in [1.807, 2.05) is 25.1 Å². The molecule has 1 atom stereocenters. The van der Waals surface area contributed by atoms with Crippen molar-refractivity contribution in [2.45, 2.75) is 19.4 Å². The molecule has 1 aromatic carbocycles. The van der Waals surface area contributed by atoms with Gasteiger partial charge in [0.1, 0.15) is 0 Å². The van der Waals surface area contributed by atoms with E-state index in [0.717, 1.165) is 6.42 Å². The molecule has 4 nitrogen and oxygen atoms in total. The molecule has 0 aromatic heterocycles. The van der Waals surface area contributed by atoms with Crippen LogP contribution in [0.3, 0.4) is 0 Å². The summed E-state index contributed by atoms with van der Waals surface area (Å²) in [4.78, 5) is 0. The van der Waals surface area contributed by atoms with Gasteiger partial charge in [-0.1, -0.05) is 6.07 Å². The molecule has 0 saturated carbocycles. The molecule has 0 amide bonds. The first-order chi connectivity index (χ1) is 7.69. The predicted octanol–water partition coefficient (Wildman–Crippen LogP) is 1.82. The largest absolute Gasteiger partial charge is 0.493 e. The molecule has 0 aliphatic carbocycles. The second-order valence-electron chi connectivity index (χ2n) is 3.61. The zero-order valence-electron chi connectivity index (χ0n) is 10.0. The Balaban J connectivity index is 2.74. The number of para-hydroxylation sites is 1. The highest BCUT2D eigenvalue weighted by atomic mass is 16.5. The average Bonchev–Trinajstić information content (AvgIpc) is 2.28. The molecule has 0 heterocycles. The number of hydrogen-bond acceptors (Lipinski definition) is 4. The van der Waals surface area contributed by atoms with Gasteiger partial charge in [0.15, 0.2) is 11.5 Å². The first-order valence-electron chi connectivity index (χ1n) is 5.28. The number of methoxy groups -OCH3 is 2. The predicted molar refractivity (Wildman–Crippen MR) is 63.3 cm³/mol. The van der Waals surface area contributed by atoms with Crippen LogP contribution in [-0.2, 0) is 0 Å². The maximum absolute atomic E-state index is 5.66. The molecule has 90 valence electrons. The Morgan fingerprint density at radius 2 is 1.75 bits per heavy atom. The van der Waals surface area contributed by atoms with Crippen molar-refractivity contribution >= 4 is 0 Å². The van der Waals surface area contributed by atoms with Crippen molar-refractivity contribution in [2.75, 3.05) is 20.8 Å². The summed E-state index contributed by atoms with van der Waals surface area (Å²) in [5.41, 5.74) is 5.66. The summed E-state index contributed by atoms with van der Waals surface area (Å²) in [5, 5.41) is 0. The lowest BCUT2D eigenvalue weighted by molar-refractivity contribution is 0.265. The van der Waals surface area contributed by atoms with Crippen LogP contribution in [0.4, 0.5) is 0 Å². The van der Waals surface area contributed by atoms with Crippen LogP contribution in [0.2, 0.25) is 0 Å². The Bertz CT molecular complexity index is 304. The van der Waals surface area contributed by atoms with Gasteiger partial charge in [-0.25, -0.2) is 0 Å². The van der Waals surface area contributed by atoms with Crippen LogP contribution >= 0.6 is 0 Å². The first kappa shape index (κ1) is 12.6. The summed E-state index contributed by atoms with van der Waals surface area (Å²) in [6.07, 6.45) is 0.793. The van der Waals surface area contributed by atoms with Crippen molar-refractivity contribution in [3.05, 3.63) is 18.2 Å². The lowest BCUT2D eigenvalue weighted by Gasteiger charge is -2.14. The van der Waals surface area contributed by atoms with E-state index in [0.29, 0.717) is 23.9 Å². The second-order valence-corrected chi connectivity index (χ2v) is 3.61. The molecule has 0 saturated heterocycles. The summed E-state index contributed by atoms with van der Waals surface area (Å²) in [5.74, 6) is 1.97. The number of benzene rings is 1. The third-order valence-corrected chi connectivity index (χ3v) is 2.20. The molecule has 2 N–H and O–H groups in total. The van der Waals surface area contributed by atoms with Crippen molar-refractivity contribution in [3.63, 3.8) is 0 Å². The molecular formula is C12H19NO3. The van der Waals surface area contributed by atoms with E-state index in [-0.39, 0.29) is 6.04 Å². The van der Waals surface area contributed by atoms with Crippen LogP contribution in [0, 0.1) is 0 Å². The Kier molecular flexibility index (Phi) is 4.92. The lowest BCUT2D eigenvalue weighted by Crippen LogP contribution is -2.18. The minimum absolute atomic E-state index is 0.126. The maximum Gasteiger partial charge on any atom is 0.203 e. The van der Waals surface area contributed by atoms with E-state index in [1.54, 1.807) is 14.2 Å². The molecule has 0 aliphatic heterocycles. The van der Waals surface area contributed by atoms with Crippen LogP contribution in [0.5, 0.6) is 17.2 Å². The van der Waals surface area contributed by atoms with E-state index < -0.39 is 0 Å². The highest BCUT2D eigenvalue weighted by Gasteiger charge is 2.10. The third kappa shape index (κ3) is 3.31. The molecule has 1 unspecified atom stereocenters. The zero-order chi connectivity index (χ0) is 12.0. The summed E-state index contributed by atoms with van der Waals surface area (Å²) in [6, 6.07) is 5.66. The van der Waals surface area contributed by atoms with Crippen LogP contribution in [0.1, 0.15) is 13.3 Å². The average molecular weight is 225 g/mol. The zero-order valence-corrected chi connectivity index (χ0v) is 10.0. The van der Waals surface area contributed by atoms with E-state index in [9.17, 15) is 0 Å². The maximum atomic E-state index is 5.66. The lowest BCUT2D eigenvalue weighted by atomic mass is 10.2. The molecule has 1 rings (SSSR count). The summed E-state index contributed by atoms with van der Waals surface area (Å²) < 4.78 is 16.0. The highest BCUT2D eigenvalue weighted by Crippen LogP contribution is 2.36. The van der Waals surface area contributed by atoms with Crippen molar-refractivity contribution in [2.24, 2.45) is 5.73 Å². The van der Waals surface area contributed by atoms with Gasteiger partial charge >= 0.3 is 0 Å². The van der Waals surface area contributed by atoms with Crippen molar-refractivity contribution < 1.29 is 14.2 Å². The third-order valence-electron chi connectivity index (χ3n) is 2.20. The molecule has 1 aromatic rings. The summed E-state index contributed by atoms with van der Waals surface area (Å²) in [7, 11) is 3.21. The van der Waals surface area contributed by atoms with Crippen LogP contribution in [0.15, 0.2) is 18.2 Å². The molecule has 0 fully saturated rings. The Morgan fingerprint density at radius 1 is 1.19 bits per heavy atom. The van der Waals surface area contributed by atoms with Crippen LogP contribution in [0.25, 0.3) is 0 Å². The topological polar surface area (TPSA) is 53.7 Å². The van der Waals surface area contributed by atoms with Crippen molar-refractivity contribution in [1.82, 2.24) is 0 Å². The van der Waals surface area contributed by atoms with Gasteiger partial charge in [0.2, 0.25) is 5.75 Å². The number of ether oxygens (including phenoxy) is 3. The fraction of sp³-hybridized carbons (Fsp3) is 0.500. The van der Waals surface area contributed by atoms with Gasteiger partial charge in [0, 0.05) is 6.04 Å².